The molecular weight excluding hydrogens is 300 g/mol. The number of halogens is 1. The van der Waals surface area contributed by atoms with Crippen molar-refractivity contribution in [3.8, 4) is 0 Å². The zero-order valence-electron chi connectivity index (χ0n) is 11.4. The van der Waals surface area contributed by atoms with Crippen molar-refractivity contribution >= 4 is 27.3 Å². The van der Waals surface area contributed by atoms with E-state index in [4.69, 9.17) is 5.73 Å². The van der Waals surface area contributed by atoms with Crippen LogP contribution in [0.15, 0.2) is 46.9 Å². The standard InChI is InChI=1S/C16H19BrN2/c1-3-19(15-8-4-12(2)5-9-15)11-13-6-7-14(18)10-16(13)17/h4-10H,3,11,18H2,1-2H3. The van der Waals surface area contributed by atoms with Gasteiger partial charge in [-0.25, -0.2) is 0 Å². The first kappa shape index (κ1) is 13.9. The van der Waals surface area contributed by atoms with E-state index in [2.05, 4.69) is 65.0 Å². The molecule has 0 aliphatic heterocycles. The SMILES string of the molecule is CCN(Cc1ccc(N)cc1Br)c1ccc(C)cc1. The molecule has 0 heterocycles. The summed E-state index contributed by atoms with van der Waals surface area (Å²) in [5, 5.41) is 0. The molecule has 0 aliphatic rings. The van der Waals surface area contributed by atoms with Crippen LogP contribution in [0.5, 0.6) is 0 Å². The van der Waals surface area contributed by atoms with E-state index >= 15 is 0 Å². The van der Waals surface area contributed by atoms with E-state index in [9.17, 15) is 0 Å². The van der Waals surface area contributed by atoms with Crippen LogP contribution in [0.25, 0.3) is 0 Å². The monoisotopic (exact) mass is 318 g/mol. The molecule has 19 heavy (non-hydrogen) atoms. The molecule has 2 rings (SSSR count). The largest absolute Gasteiger partial charge is 0.399 e. The Bertz CT molecular complexity index is 549. The van der Waals surface area contributed by atoms with Crippen LogP contribution in [0, 0.1) is 6.92 Å². The van der Waals surface area contributed by atoms with E-state index in [0.29, 0.717) is 0 Å². The topological polar surface area (TPSA) is 29.3 Å². The number of hydrogen-bond acceptors (Lipinski definition) is 2. The van der Waals surface area contributed by atoms with Crippen LogP contribution in [0.2, 0.25) is 0 Å². The molecule has 0 saturated carbocycles. The lowest BCUT2D eigenvalue weighted by atomic mass is 10.1. The molecule has 2 N–H and O–H groups in total. The third-order valence-corrected chi connectivity index (χ3v) is 3.96. The minimum Gasteiger partial charge on any atom is -0.399 e. The van der Waals surface area contributed by atoms with Gasteiger partial charge < -0.3 is 10.6 Å². The molecule has 0 saturated heterocycles. The number of aryl methyl sites for hydroxylation is 1. The number of nitrogen functional groups attached to an aromatic ring is 1. The quantitative estimate of drug-likeness (QED) is 0.848. The molecule has 2 nitrogen and oxygen atoms in total. The normalized spacial score (nSPS) is 10.5. The van der Waals surface area contributed by atoms with Gasteiger partial charge in [0.15, 0.2) is 0 Å². The molecule has 100 valence electrons. The van der Waals surface area contributed by atoms with Gasteiger partial charge in [-0.3, -0.25) is 0 Å². The van der Waals surface area contributed by atoms with Crippen molar-refractivity contribution in [1.29, 1.82) is 0 Å². The Hall–Kier alpha value is -1.48. The molecule has 2 aromatic carbocycles. The maximum atomic E-state index is 5.77. The molecule has 0 amide bonds. The first-order valence-electron chi connectivity index (χ1n) is 6.45. The lowest BCUT2D eigenvalue weighted by Crippen LogP contribution is -2.22. The van der Waals surface area contributed by atoms with Crippen molar-refractivity contribution in [3.05, 3.63) is 58.1 Å². The van der Waals surface area contributed by atoms with Gasteiger partial charge >= 0.3 is 0 Å². The molecule has 0 spiro atoms. The van der Waals surface area contributed by atoms with Gasteiger partial charge in [-0.05, 0) is 43.7 Å². The number of anilines is 2. The maximum Gasteiger partial charge on any atom is 0.0440 e. The molecule has 0 fully saturated rings. The molecule has 0 aliphatic carbocycles. The fourth-order valence-electron chi connectivity index (χ4n) is 2.04. The fourth-order valence-corrected chi connectivity index (χ4v) is 2.56. The summed E-state index contributed by atoms with van der Waals surface area (Å²) in [5.41, 5.74) is 10.3. The summed E-state index contributed by atoms with van der Waals surface area (Å²) in [6.07, 6.45) is 0. The zero-order valence-corrected chi connectivity index (χ0v) is 12.9. The van der Waals surface area contributed by atoms with Crippen molar-refractivity contribution in [1.82, 2.24) is 0 Å². The first-order valence-corrected chi connectivity index (χ1v) is 7.25. The highest BCUT2D eigenvalue weighted by molar-refractivity contribution is 9.10. The Morgan fingerprint density at radius 3 is 2.37 bits per heavy atom. The van der Waals surface area contributed by atoms with Gasteiger partial charge in [-0.15, -0.1) is 0 Å². The van der Waals surface area contributed by atoms with E-state index in [1.54, 1.807) is 0 Å². The smallest absolute Gasteiger partial charge is 0.0440 e. The van der Waals surface area contributed by atoms with E-state index < -0.39 is 0 Å². The van der Waals surface area contributed by atoms with Gasteiger partial charge in [0.05, 0.1) is 0 Å². The second-order valence-corrected chi connectivity index (χ2v) is 5.55. The van der Waals surface area contributed by atoms with E-state index in [1.165, 1.54) is 16.8 Å². The predicted molar refractivity (Wildman–Crippen MR) is 86.5 cm³/mol. The molecule has 3 heteroatoms. The van der Waals surface area contributed by atoms with Gasteiger partial charge in [-0.1, -0.05) is 39.7 Å². The Kier molecular flexibility index (Phi) is 4.48. The highest BCUT2D eigenvalue weighted by atomic mass is 79.9. The van der Waals surface area contributed by atoms with Crippen molar-refractivity contribution in [3.63, 3.8) is 0 Å². The number of nitrogens with zero attached hydrogens (tertiary/aromatic N) is 1. The molecule has 0 radical (unpaired) electrons. The summed E-state index contributed by atoms with van der Waals surface area (Å²) < 4.78 is 1.07. The van der Waals surface area contributed by atoms with Crippen LogP contribution in [-0.4, -0.2) is 6.54 Å². The Morgan fingerprint density at radius 2 is 1.79 bits per heavy atom. The first-order chi connectivity index (χ1) is 9.10. The summed E-state index contributed by atoms with van der Waals surface area (Å²) in [6, 6.07) is 14.6. The van der Waals surface area contributed by atoms with Gasteiger partial charge in [-0.2, -0.15) is 0 Å². The minimum absolute atomic E-state index is 0.786. The number of benzene rings is 2. The van der Waals surface area contributed by atoms with Crippen molar-refractivity contribution in [2.75, 3.05) is 17.2 Å². The third kappa shape index (κ3) is 3.51. The van der Waals surface area contributed by atoms with Gasteiger partial charge in [0.1, 0.15) is 0 Å². The van der Waals surface area contributed by atoms with E-state index in [0.717, 1.165) is 23.2 Å². The van der Waals surface area contributed by atoms with Gasteiger partial charge in [0.25, 0.3) is 0 Å². The van der Waals surface area contributed by atoms with Crippen LogP contribution >= 0.6 is 15.9 Å². The third-order valence-electron chi connectivity index (χ3n) is 3.22. The van der Waals surface area contributed by atoms with Gasteiger partial charge in [0, 0.05) is 28.9 Å². The lowest BCUT2D eigenvalue weighted by Gasteiger charge is -2.24. The summed E-state index contributed by atoms with van der Waals surface area (Å²) in [4.78, 5) is 2.34. The second-order valence-electron chi connectivity index (χ2n) is 4.70. The minimum atomic E-state index is 0.786. The molecule has 2 aromatic rings. The van der Waals surface area contributed by atoms with Crippen molar-refractivity contribution < 1.29 is 0 Å². The van der Waals surface area contributed by atoms with Crippen LogP contribution < -0.4 is 10.6 Å². The Labute approximate surface area is 123 Å². The van der Waals surface area contributed by atoms with Crippen LogP contribution in [0.4, 0.5) is 11.4 Å². The Balaban J connectivity index is 2.21. The van der Waals surface area contributed by atoms with Crippen molar-refractivity contribution in [2.45, 2.75) is 20.4 Å². The lowest BCUT2D eigenvalue weighted by molar-refractivity contribution is 0.829. The summed E-state index contributed by atoms with van der Waals surface area (Å²) in [7, 11) is 0. The molecule has 0 unspecified atom stereocenters. The van der Waals surface area contributed by atoms with Gasteiger partial charge in [0.2, 0.25) is 0 Å². The van der Waals surface area contributed by atoms with Crippen LogP contribution in [0.1, 0.15) is 18.1 Å². The number of rotatable bonds is 4. The molecule has 0 bridgehead atoms. The number of hydrogen-bond donors (Lipinski definition) is 1. The average Bonchev–Trinajstić information content (AvgIpc) is 2.39. The van der Waals surface area contributed by atoms with Crippen molar-refractivity contribution in [2.24, 2.45) is 0 Å². The van der Waals surface area contributed by atoms with E-state index in [-0.39, 0.29) is 0 Å². The predicted octanol–water partition coefficient (Wildman–Crippen LogP) is 4.37. The highest BCUT2D eigenvalue weighted by Gasteiger charge is 2.08. The maximum absolute atomic E-state index is 5.77. The Morgan fingerprint density at radius 1 is 1.11 bits per heavy atom. The van der Waals surface area contributed by atoms with Crippen LogP contribution in [0.3, 0.4) is 0 Å². The number of nitrogens with two attached hydrogens (primary N) is 1. The summed E-state index contributed by atoms with van der Waals surface area (Å²) in [5.74, 6) is 0. The van der Waals surface area contributed by atoms with E-state index in [1.807, 2.05) is 12.1 Å². The molecule has 0 atom stereocenters. The van der Waals surface area contributed by atoms with Crippen LogP contribution in [-0.2, 0) is 6.54 Å². The summed E-state index contributed by atoms with van der Waals surface area (Å²) in [6.45, 7) is 6.13. The molecule has 0 aromatic heterocycles. The molecular formula is C16H19BrN2. The summed E-state index contributed by atoms with van der Waals surface area (Å²) >= 11 is 3.58. The highest BCUT2D eigenvalue weighted by Crippen LogP contribution is 2.24. The fraction of sp³-hybridized carbons (Fsp3) is 0.250. The second kappa shape index (κ2) is 6.11. The zero-order chi connectivity index (χ0) is 13.8. The average molecular weight is 319 g/mol.